The number of rotatable bonds is 4. The summed E-state index contributed by atoms with van der Waals surface area (Å²) in [6, 6.07) is 13.4. The molecule has 1 unspecified atom stereocenters. The van der Waals surface area contributed by atoms with E-state index in [-0.39, 0.29) is 29.5 Å². The standard InChI is InChI=1S/C20H26N4O.HI/c1-16-5-4-12-24(14-16)20(21)22-13-17-7-9-18(10-8-17)15-23-11-3-2-6-19(23)25;/h2-3,6-11,16H,4-5,12-15H2,1H3,(H2,21,22);1H. The van der Waals surface area contributed by atoms with E-state index in [0.29, 0.717) is 25.0 Å². The van der Waals surface area contributed by atoms with E-state index in [9.17, 15) is 4.79 Å². The van der Waals surface area contributed by atoms with Crippen LogP contribution in [-0.4, -0.2) is 28.5 Å². The van der Waals surface area contributed by atoms with E-state index in [0.717, 1.165) is 24.2 Å². The molecule has 2 aromatic rings. The number of piperidine rings is 1. The van der Waals surface area contributed by atoms with E-state index in [1.54, 1.807) is 22.9 Å². The lowest BCUT2D eigenvalue weighted by Crippen LogP contribution is -2.43. The normalized spacial score (nSPS) is 17.7. The second-order valence-corrected chi connectivity index (χ2v) is 6.85. The molecule has 0 bridgehead atoms. The number of aliphatic imine (C=N–C) groups is 1. The fourth-order valence-corrected chi connectivity index (χ4v) is 3.21. The van der Waals surface area contributed by atoms with E-state index < -0.39 is 0 Å². The van der Waals surface area contributed by atoms with Crippen LogP contribution in [0.1, 0.15) is 30.9 Å². The molecule has 1 aromatic heterocycles. The summed E-state index contributed by atoms with van der Waals surface area (Å²) in [6.07, 6.45) is 4.27. The molecule has 1 aliphatic heterocycles. The molecule has 5 nitrogen and oxygen atoms in total. The number of benzene rings is 1. The van der Waals surface area contributed by atoms with Gasteiger partial charge in [0.2, 0.25) is 0 Å². The Hall–Kier alpha value is -1.83. The Morgan fingerprint density at radius 3 is 2.62 bits per heavy atom. The summed E-state index contributed by atoms with van der Waals surface area (Å²) < 4.78 is 1.70. The van der Waals surface area contributed by atoms with Crippen LogP contribution >= 0.6 is 24.0 Å². The van der Waals surface area contributed by atoms with Crippen molar-refractivity contribution in [2.45, 2.75) is 32.9 Å². The van der Waals surface area contributed by atoms with Gasteiger partial charge >= 0.3 is 0 Å². The van der Waals surface area contributed by atoms with Crippen LogP contribution in [0.15, 0.2) is 58.4 Å². The van der Waals surface area contributed by atoms with Gasteiger partial charge in [0.1, 0.15) is 0 Å². The second kappa shape index (κ2) is 9.75. The van der Waals surface area contributed by atoms with E-state index in [2.05, 4.69) is 28.9 Å². The van der Waals surface area contributed by atoms with Gasteiger partial charge in [-0.15, -0.1) is 24.0 Å². The SMILES string of the molecule is CC1CCCN(C(N)=NCc2ccc(Cn3ccccc3=O)cc2)C1.I. The average molecular weight is 466 g/mol. The maximum absolute atomic E-state index is 11.8. The van der Waals surface area contributed by atoms with Gasteiger partial charge in [0.25, 0.3) is 5.56 Å². The number of hydrogen-bond acceptors (Lipinski definition) is 2. The summed E-state index contributed by atoms with van der Waals surface area (Å²) >= 11 is 0. The van der Waals surface area contributed by atoms with Crippen LogP contribution in [0, 0.1) is 5.92 Å². The minimum absolute atomic E-state index is 0. The fraction of sp³-hybridized carbons (Fsp3) is 0.400. The Kier molecular flexibility index (Phi) is 7.68. The first kappa shape index (κ1) is 20.5. The summed E-state index contributed by atoms with van der Waals surface area (Å²) in [5.74, 6) is 1.33. The van der Waals surface area contributed by atoms with Crippen molar-refractivity contribution in [1.29, 1.82) is 0 Å². The predicted molar refractivity (Wildman–Crippen MR) is 117 cm³/mol. The van der Waals surface area contributed by atoms with Gasteiger partial charge in [0.05, 0.1) is 13.1 Å². The largest absolute Gasteiger partial charge is 0.370 e. The third kappa shape index (κ3) is 5.59. The maximum Gasteiger partial charge on any atom is 0.250 e. The Morgan fingerprint density at radius 1 is 1.19 bits per heavy atom. The van der Waals surface area contributed by atoms with Gasteiger partial charge in [0, 0.05) is 25.4 Å². The number of halogens is 1. The number of guanidine groups is 1. The van der Waals surface area contributed by atoms with Crippen molar-refractivity contribution in [3.63, 3.8) is 0 Å². The molecule has 0 spiro atoms. The Bertz CT molecular complexity index is 785. The van der Waals surface area contributed by atoms with Crippen molar-refractivity contribution in [2.24, 2.45) is 16.6 Å². The third-order valence-electron chi connectivity index (χ3n) is 4.68. The summed E-state index contributed by atoms with van der Waals surface area (Å²) in [7, 11) is 0. The minimum Gasteiger partial charge on any atom is -0.370 e. The van der Waals surface area contributed by atoms with Crippen LogP contribution < -0.4 is 11.3 Å². The monoisotopic (exact) mass is 466 g/mol. The van der Waals surface area contributed by atoms with E-state index >= 15 is 0 Å². The average Bonchev–Trinajstić information content (AvgIpc) is 2.63. The first-order chi connectivity index (χ1) is 12.1. The van der Waals surface area contributed by atoms with Crippen molar-refractivity contribution in [1.82, 2.24) is 9.47 Å². The van der Waals surface area contributed by atoms with Gasteiger partial charge in [-0.05, 0) is 36.0 Å². The molecule has 1 fully saturated rings. The van der Waals surface area contributed by atoms with Crippen LogP contribution in [0.4, 0.5) is 0 Å². The van der Waals surface area contributed by atoms with Crippen LogP contribution in [0.2, 0.25) is 0 Å². The highest BCUT2D eigenvalue weighted by molar-refractivity contribution is 14.0. The topological polar surface area (TPSA) is 63.6 Å². The van der Waals surface area contributed by atoms with Gasteiger partial charge in [-0.3, -0.25) is 4.79 Å². The fourth-order valence-electron chi connectivity index (χ4n) is 3.21. The molecule has 6 heteroatoms. The van der Waals surface area contributed by atoms with Gasteiger partial charge in [-0.25, -0.2) is 4.99 Å². The lowest BCUT2D eigenvalue weighted by Gasteiger charge is -2.31. The number of nitrogens with zero attached hydrogens (tertiary/aromatic N) is 3. The molecule has 0 aliphatic carbocycles. The van der Waals surface area contributed by atoms with Crippen molar-refractivity contribution in [3.8, 4) is 0 Å². The zero-order valence-electron chi connectivity index (χ0n) is 15.2. The molecule has 0 radical (unpaired) electrons. The van der Waals surface area contributed by atoms with Crippen molar-refractivity contribution in [2.75, 3.05) is 13.1 Å². The molecule has 0 saturated carbocycles. The quantitative estimate of drug-likeness (QED) is 0.428. The first-order valence-corrected chi connectivity index (χ1v) is 8.90. The Labute approximate surface area is 171 Å². The zero-order valence-corrected chi connectivity index (χ0v) is 17.5. The number of aromatic nitrogens is 1. The van der Waals surface area contributed by atoms with Crippen molar-refractivity contribution in [3.05, 3.63) is 70.1 Å². The van der Waals surface area contributed by atoms with Crippen molar-refractivity contribution >= 4 is 29.9 Å². The molecule has 140 valence electrons. The van der Waals surface area contributed by atoms with Gasteiger partial charge in [0.15, 0.2) is 5.96 Å². The zero-order chi connectivity index (χ0) is 17.6. The lowest BCUT2D eigenvalue weighted by atomic mass is 10.0. The number of nitrogens with two attached hydrogens (primary N) is 1. The maximum atomic E-state index is 11.8. The highest BCUT2D eigenvalue weighted by Gasteiger charge is 2.17. The Balaban J connectivity index is 0.00000243. The molecule has 3 rings (SSSR count). The van der Waals surface area contributed by atoms with Crippen molar-refractivity contribution < 1.29 is 0 Å². The molecule has 1 saturated heterocycles. The molecule has 0 amide bonds. The smallest absolute Gasteiger partial charge is 0.250 e. The first-order valence-electron chi connectivity index (χ1n) is 8.90. The van der Waals surface area contributed by atoms with Crippen LogP contribution in [0.5, 0.6) is 0 Å². The number of pyridine rings is 1. The Morgan fingerprint density at radius 2 is 1.92 bits per heavy atom. The molecule has 2 N–H and O–H groups in total. The summed E-state index contributed by atoms with van der Waals surface area (Å²) in [6.45, 7) is 5.43. The van der Waals surface area contributed by atoms with Crippen LogP contribution in [0.25, 0.3) is 0 Å². The second-order valence-electron chi connectivity index (χ2n) is 6.85. The third-order valence-corrected chi connectivity index (χ3v) is 4.68. The number of likely N-dealkylation sites (tertiary alicyclic amines) is 1. The molecule has 1 aliphatic rings. The van der Waals surface area contributed by atoms with E-state index in [1.165, 1.54) is 12.8 Å². The molecule has 2 heterocycles. The highest BCUT2D eigenvalue weighted by atomic mass is 127. The molecular weight excluding hydrogens is 439 g/mol. The van der Waals surface area contributed by atoms with E-state index in [1.807, 2.05) is 18.2 Å². The molecular formula is C20H27IN4O. The number of hydrogen-bond donors (Lipinski definition) is 1. The minimum atomic E-state index is 0. The highest BCUT2D eigenvalue weighted by Crippen LogP contribution is 2.15. The molecule has 26 heavy (non-hydrogen) atoms. The van der Waals surface area contributed by atoms with Gasteiger partial charge in [-0.2, -0.15) is 0 Å². The molecule has 1 aromatic carbocycles. The predicted octanol–water partition coefficient (Wildman–Crippen LogP) is 3.06. The van der Waals surface area contributed by atoms with E-state index in [4.69, 9.17) is 5.73 Å². The van der Waals surface area contributed by atoms with Crippen LogP contribution in [-0.2, 0) is 13.1 Å². The summed E-state index contributed by atoms with van der Waals surface area (Å²) in [5, 5.41) is 0. The van der Waals surface area contributed by atoms with Gasteiger partial charge in [-0.1, -0.05) is 37.3 Å². The molecule has 1 atom stereocenters. The summed E-state index contributed by atoms with van der Waals surface area (Å²) in [4.78, 5) is 18.5. The lowest BCUT2D eigenvalue weighted by molar-refractivity contribution is 0.270. The van der Waals surface area contributed by atoms with Gasteiger partial charge < -0.3 is 15.2 Å². The van der Waals surface area contributed by atoms with Crippen LogP contribution in [0.3, 0.4) is 0 Å². The summed E-state index contributed by atoms with van der Waals surface area (Å²) in [5.41, 5.74) is 8.38.